The van der Waals surface area contributed by atoms with Crippen LogP contribution in [-0.4, -0.2) is 16.3 Å². The van der Waals surface area contributed by atoms with Gasteiger partial charge in [0.05, 0.1) is 13.7 Å². The molecule has 87 valence electrons. The van der Waals surface area contributed by atoms with Crippen LogP contribution < -0.4 is 4.57 Å². The van der Waals surface area contributed by atoms with Crippen molar-refractivity contribution < 1.29 is 18.9 Å². The Morgan fingerprint density at radius 1 is 1.36 bits per heavy atom. The molecule has 1 N–H and O–H groups in total. The number of hydrogen-bond donors (Lipinski definition) is 1. The summed E-state index contributed by atoms with van der Waals surface area (Å²) in [4.78, 5) is 0. The Labute approximate surface area is 102 Å². The second-order valence-electron chi connectivity index (χ2n) is 2.34. The zero-order valence-electron chi connectivity index (χ0n) is 7.35. The summed E-state index contributed by atoms with van der Waals surface area (Å²) in [6.07, 6.45) is 5.79. The molecule has 0 spiro atoms. The van der Waals surface area contributed by atoms with Gasteiger partial charge in [-0.3, -0.25) is 0 Å². The molecule has 0 amide bonds. The average Bonchev–Trinajstić information content (AvgIpc) is 2.32. The van der Waals surface area contributed by atoms with Crippen LogP contribution in [0.5, 0.6) is 0 Å². The van der Waals surface area contributed by atoms with E-state index < -0.39 is 9.20 Å². The first-order valence-electron chi connectivity index (χ1n) is 3.48. The summed E-state index contributed by atoms with van der Waals surface area (Å²) in [6.45, 7) is 0.884. The summed E-state index contributed by atoms with van der Waals surface area (Å²) in [7, 11) is 19.1. The predicted octanol–water partition coefficient (Wildman–Crippen LogP) is 2.06. The Morgan fingerprint density at radius 2 is 1.86 bits per heavy atom. The molecule has 3 nitrogen and oxygen atoms in total. The third-order valence-electron chi connectivity index (χ3n) is 1.18. The van der Waals surface area contributed by atoms with E-state index in [1.165, 1.54) is 0 Å². The molecule has 0 aromatic carbocycles. The van der Waals surface area contributed by atoms with Gasteiger partial charge in [-0.25, -0.2) is 9.13 Å². The summed E-state index contributed by atoms with van der Waals surface area (Å²) in [5.41, 5.74) is 0. The van der Waals surface area contributed by atoms with E-state index in [4.69, 9.17) is 45.5 Å². The molecule has 0 fully saturated rings. The third-order valence-corrected chi connectivity index (χ3v) is 1.18. The van der Waals surface area contributed by atoms with Crippen LogP contribution in [0.1, 0.15) is 0 Å². The van der Waals surface area contributed by atoms with Crippen molar-refractivity contribution in [1.29, 1.82) is 0 Å². The zero-order chi connectivity index (χ0) is 11.2. The van der Waals surface area contributed by atoms with Crippen LogP contribution in [0.2, 0.25) is 0 Å². The Kier molecular flexibility index (Phi) is 7.61. The standard InChI is InChI=1S/C6H11N2O.4ClH.Fe/c1-7-2-3-8(6-7)4-5-9;;;;;/h2-3,6,9H,4-5H2,1H3;4*1H;/q+1;;;;;+3/p-4. The van der Waals surface area contributed by atoms with E-state index in [0.717, 1.165) is 0 Å². The molecule has 0 aliphatic rings. The molecule has 1 heterocycles. The number of imidazole rings is 1. The fraction of sp³-hybridized carbons (Fsp3) is 0.500. The first-order chi connectivity index (χ1) is 6.33. The SMILES string of the molecule is Cn1cc[n+](CCO)c1.[Cl][Fe-]([Cl])([Cl])[Cl]. The van der Waals surface area contributed by atoms with Gasteiger partial charge in [-0.15, -0.1) is 0 Å². The van der Waals surface area contributed by atoms with Gasteiger partial charge in [-0.05, 0) is 0 Å². The van der Waals surface area contributed by atoms with Crippen LogP contribution in [0.4, 0.5) is 0 Å². The number of aryl methyl sites for hydroxylation is 1. The van der Waals surface area contributed by atoms with Gasteiger partial charge in [0, 0.05) is 0 Å². The first-order valence-corrected chi connectivity index (χ1v) is 9.56. The molecular formula is C6H11Cl4FeN2O. The molecular weight excluding hydrogens is 314 g/mol. The van der Waals surface area contributed by atoms with Crippen molar-refractivity contribution in [2.45, 2.75) is 6.54 Å². The molecule has 0 aliphatic carbocycles. The topological polar surface area (TPSA) is 29.0 Å². The number of aromatic nitrogens is 2. The van der Waals surface area contributed by atoms with Crippen molar-refractivity contribution >= 4 is 40.4 Å². The van der Waals surface area contributed by atoms with Crippen LogP contribution in [0.15, 0.2) is 18.7 Å². The van der Waals surface area contributed by atoms with Gasteiger partial charge in [-0.2, -0.15) is 0 Å². The van der Waals surface area contributed by atoms with Gasteiger partial charge >= 0.3 is 49.6 Å². The van der Waals surface area contributed by atoms with Gasteiger partial charge in [-0.1, -0.05) is 0 Å². The molecule has 8 heteroatoms. The maximum atomic E-state index is 8.50. The Hall–Kier alpha value is 0.849. The van der Waals surface area contributed by atoms with Gasteiger partial charge in [0.2, 0.25) is 6.33 Å². The molecule has 1 aromatic heterocycles. The van der Waals surface area contributed by atoms with E-state index in [9.17, 15) is 0 Å². The van der Waals surface area contributed by atoms with Crippen LogP contribution in [0, 0.1) is 0 Å². The number of nitrogens with zero attached hydrogens (tertiary/aromatic N) is 2. The van der Waals surface area contributed by atoms with Crippen molar-refractivity contribution in [3.63, 3.8) is 0 Å². The van der Waals surface area contributed by atoms with E-state index in [-0.39, 0.29) is 6.61 Å². The van der Waals surface area contributed by atoms with Gasteiger partial charge in [0.25, 0.3) is 0 Å². The van der Waals surface area contributed by atoms with Crippen LogP contribution >= 0.6 is 40.4 Å². The number of halogens is 4. The average molecular weight is 325 g/mol. The number of aliphatic hydroxyl groups excluding tert-OH is 1. The second kappa shape index (κ2) is 7.18. The van der Waals surface area contributed by atoms with Gasteiger partial charge in [0.15, 0.2) is 0 Å². The van der Waals surface area contributed by atoms with Crippen LogP contribution in [0.25, 0.3) is 0 Å². The van der Waals surface area contributed by atoms with Crippen molar-refractivity contribution in [2.75, 3.05) is 6.61 Å². The molecule has 0 saturated carbocycles. The minimum absolute atomic E-state index is 0.203. The zero-order valence-corrected chi connectivity index (χ0v) is 11.5. The van der Waals surface area contributed by atoms with Gasteiger partial charge < -0.3 is 5.11 Å². The number of rotatable bonds is 2. The molecule has 0 radical (unpaired) electrons. The second-order valence-corrected chi connectivity index (χ2v) is 13.3. The number of hydrogen-bond acceptors (Lipinski definition) is 1. The molecule has 1 aromatic rings. The van der Waals surface area contributed by atoms with E-state index in [0.29, 0.717) is 6.54 Å². The molecule has 14 heavy (non-hydrogen) atoms. The van der Waals surface area contributed by atoms with Crippen molar-refractivity contribution in [3.05, 3.63) is 18.7 Å². The first kappa shape index (κ1) is 14.8. The van der Waals surface area contributed by atoms with E-state index in [1.54, 1.807) is 0 Å². The number of aliphatic hydroxyl groups is 1. The molecule has 0 bridgehead atoms. The fourth-order valence-corrected chi connectivity index (χ4v) is 0.749. The predicted molar refractivity (Wildman–Crippen MR) is 56.1 cm³/mol. The molecule has 0 aliphatic heterocycles. The summed E-state index contributed by atoms with van der Waals surface area (Å²) in [5.74, 6) is 0. The minimum atomic E-state index is -2.61. The normalized spacial score (nSPS) is 11.9. The fourth-order valence-electron chi connectivity index (χ4n) is 0.749. The summed E-state index contributed by atoms with van der Waals surface area (Å²) >= 11 is 0. The monoisotopic (exact) mass is 323 g/mol. The summed E-state index contributed by atoms with van der Waals surface area (Å²) in [5, 5.41) is 8.50. The van der Waals surface area contributed by atoms with Crippen molar-refractivity contribution in [3.8, 4) is 0 Å². The quantitative estimate of drug-likeness (QED) is 0.655. The summed E-state index contributed by atoms with van der Waals surface area (Å²) < 4.78 is 3.87. The molecule has 0 unspecified atom stereocenters. The van der Waals surface area contributed by atoms with E-state index in [2.05, 4.69) is 0 Å². The Morgan fingerprint density at radius 3 is 2.14 bits per heavy atom. The molecule has 0 saturated heterocycles. The van der Waals surface area contributed by atoms with Crippen molar-refractivity contribution in [2.24, 2.45) is 7.05 Å². The Bertz CT molecular complexity index is 257. The van der Waals surface area contributed by atoms with Crippen LogP contribution in [0.3, 0.4) is 0 Å². The van der Waals surface area contributed by atoms with Gasteiger partial charge in [0.1, 0.15) is 18.9 Å². The summed E-state index contributed by atoms with van der Waals surface area (Å²) in [6, 6.07) is 0. The Balaban J connectivity index is 0.000000292. The maximum absolute atomic E-state index is 8.50. The van der Waals surface area contributed by atoms with Crippen molar-refractivity contribution in [1.82, 2.24) is 4.57 Å². The molecule has 1 rings (SSSR count). The van der Waals surface area contributed by atoms with Crippen LogP contribution in [-0.2, 0) is 22.8 Å². The van der Waals surface area contributed by atoms with E-state index in [1.807, 2.05) is 34.9 Å². The third kappa shape index (κ3) is 10.9. The molecule has 0 atom stereocenters. The van der Waals surface area contributed by atoms with E-state index >= 15 is 0 Å².